The topological polar surface area (TPSA) is 39.7 Å². The molecule has 104 valence electrons. The van der Waals surface area contributed by atoms with Gasteiger partial charge in [0, 0.05) is 19.7 Å². The standard InChI is InChI=1S/C14H18ClNO3/c15-12-6-10(7-13-14(12)19-5-4-18-13)8-16-9-11-2-1-3-17-11/h6-7,11,16H,1-5,8-9H2. The van der Waals surface area contributed by atoms with Crippen molar-refractivity contribution in [2.75, 3.05) is 26.4 Å². The molecule has 0 amide bonds. The third-order valence-electron chi connectivity index (χ3n) is 3.38. The molecule has 2 aliphatic heterocycles. The Morgan fingerprint density at radius 1 is 1.21 bits per heavy atom. The fourth-order valence-electron chi connectivity index (χ4n) is 2.45. The minimum atomic E-state index is 0.354. The van der Waals surface area contributed by atoms with Crippen molar-refractivity contribution in [2.24, 2.45) is 0 Å². The molecule has 3 rings (SSSR count). The van der Waals surface area contributed by atoms with Gasteiger partial charge in [0.15, 0.2) is 11.5 Å². The highest BCUT2D eigenvalue weighted by atomic mass is 35.5. The first-order valence-corrected chi connectivity index (χ1v) is 7.11. The smallest absolute Gasteiger partial charge is 0.179 e. The van der Waals surface area contributed by atoms with Crippen LogP contribution in [0.3, 0.4) is 0 Å². The Labute approximate surface area is 118 Å². The zero-order chi connectivity index (χ0) is 13.1. The summed E-state index contributed by atoms with van der Waals surface area (Å²) < 4.78 is 16.6. The van der Waals surface area contributed by atoms with E-state index in [2.05, 4.69) is 5.32 Å². The van der Waals surface area contributed by atoms with Gasteiger partial charge in [-0.3, -0.25) is 0 Å². The molecule has 1 saturated heterocycles. The highest BCUT2D eigenvalue weighted by molar-refractivity contribution is 6.32. The zero-order valence-corrected chi connectivity index (χ0v) is 11.5. The quantitative estimate of drug-likeness (QED) is 0.921. The average Bonchev–Trinajstić information content (AvgIpc) is 2.92. The lowest BCUT2D eigenvalue weighted by Gasteiger charge is -2.20. The fourth-order valence-corrected chi connectivity index (χ4v) is 2.74. The third kappa shape index (κ3) is 3.14. The van der Waals surface area contributed by atoms with Crippen LogP contribution in [-0.2, 0) is 11.3 Å². The molecule has 2 heterocycles. The molecule has 0 saturated carbocycles. The summed E-state index contributed by atoms with van der Waals surface area (Å²) >= 11 is 6.20. The summed E-state index contributed by atoms with van der Waals surface area (Å²) in [6.45, 7) is 3.67. The van der Waals surface area contributed by atoms with E-state index in [-0.39, 0.29) is 0 Å². The summed E-state index contributed by atoms with van der Waals surface area (Å²) in [5.41, 5.74) is 1.10. The Hall–Kier alpha value is -0.970. The lowest BCUT2D eigenvalue weighted by Crippen LogP contribution is -2.26. The van der Waals surface area contributed by atoms with Crippen molar-refractivity contribution in [3.63, 3.8) is 0 Å². The normalized spacial score (nSPS) is 21.6. The van der Waals surface area contributed by atoms with Crippen molar-refractivity contribution in [1.29, 1.82) is 0 Å². The molecule has 1 aromatic rings. The highest BCUT2D eigenvalue weighted by Gasteiger charge is 2.17. The minimum absolute atomic E-state index is 0.354. The molecule has 0 radical (unpaired) electrons. The number of hydrogen-bond acceptors (Lipinski definition) is 4. The molecule has 1 fully saturated rings. The van der Waals surface area contributed by atoms with Crippen LogP contribution in [0, 0.1) is 0 Å². The van der Waals surface area contributed by atoms with Crippen molar-refractivity contribution in [2.45, 2.75) is 25.5 Å². The Morgan fingerprint density at radius 2 is 2.11 bits per heavy atom. The molecule has 0 aliphatic carbocycles. The maximum atomic E-state index is 6.20. The molecule has 1 aromatic carbocycles. The van der Waals surface area contributed by atoms with Crippen LogP contribution in [0.2, 0.25) is 5.02 Å². The predicted molar refractivity (Wildman–Crippen MR) is 73.1 cm³/mol. The van der Waals surface area contributed by atoms with E-state index in [4.69, 9.17) is 25.8 Å². The van der Waals surface area contributed by atoms with Crippen LogP contribution in [-0.4, -0.2) is 32.5 Å². The molecule has 0 bridgehead atoms. The highest BCUT2D eigenvalue weighted by Crippen LogP contribution is 2.38. The van der Waals surface area contributed by atoms with E-state index >= 15 is 0 Å². The molecule has 0 spiro atoms. The van der Waals surface area contributed by atoms with Gasteiger partial charge in [-0.15, -0.1) is 0 Å². The minimum Gasteiger partial charge on any atom is -0.486 e. The van der Waals surface area contributed by atoms with Crippen molar-refractivity contribution in [1.82, 2.24) is 5.32 Å². The first kappa shape index (κ1) is 13.0. The Bertz CT molecular complexity index is 447. The number of benzene rings is 1. The third-order valence-corrected chi connectivity index (χ3v) is 3.66. The first-order valence-electron chi connectivity index (χ1n) is 6.73. The molecule has 19 heavy (non-hydrogen) atoms. The van der Waals surface area contributed by atoms with Crippen molar-refractivity contribution < 1.29 is 14.2 Å². The Morgan fingerprint density at radius 3 is 2.95 bits per heavy atom. The van der Waals surface area contributed by atoms with E-state index in [0.29, 0.717) is 30.1 Å². The second-order valence-electron chi connectivity index (χ2n) is 4.87. The van der Waals surface area contributed by atoms with Gasteiger partial charge in [-0.25, -0.2) is 0 Å². The van der Waals surface area contributed by atoms with Crippen molar-refractivity contribution in [3.8, 4) is 11.5 Å². The molecular formula is C14H18ClNO3. The number of nitrogens with one attached hydrogen (secondary N) is 1. The lowest BCUT2D eigenvalue weighted by atomic mass is 10.2. The van der Waals surface area contributed by atoms with Crippen LogP contribution in [0.25, 0.3) is 0 Å². The van der Waals surface area contributed by atoms with Gasteiger partial charge in [0.05, 0.1) is 11.1 Å². The monoisotopic (exact) mass is 283 g/mol. The van der Waals surface area contributed by atoms with Gasteiger partial charge in [-0.1, -0.05) is 11.6 Å². The fraction of sp³-hybridized carbons (Fsp3) is 0.571. The van der Waals surface area contributed by atoms with Crippen molar-refractivity contribution in [3.05, 3.63) is 22.7 Å². The number of fused-ring (bicyclic) bond motifs is 1. The Kier molecular flexibility index (Phi) is 4.11. The second-order valence-corrected chi connectivity index (χ2v) is 5.27. The molecule has 1 N–H and O–H groups in total. The van der Waals surface area contributed by atoms with Crippen LogP contribution >= 0.6 is 11.6 Å². The summed E-state index contributed by atoms with van der Waals surface area (Å²) in [7, 11) is 0. The summed E-state index contributed by atoms with van der Waals surface area (Å²) in [4.78, 5) is 0. The second kappa shape index (κ2) is 5.99. The van der Waals surface area contributed by atoms with E-state index in [1.54, 1.807) is 0 Å². The first-order chi connectivity index (χ1) is 9.33. The SMILES string of the molecule is Clc1cc(CNCC2CCCO2)cc2c1OCCO2. The molecule has 1 unspecified atom stereocenters. The largest absolute Gasteiger partial charge is 0.486 e. The maximum Gasteiger partial charge on any atom is 0.179 e. The molecule has 2 aliphatic rings. The summed E-state index contributed by atoms with van der Waals surface area (Å²) in [6, 6.07) is 3.92. The van der Waals surface area contributed by atoms with E-state index in [1.807, 2.05) is 12.1 Å². The predicted octanol–water partition coefficient (Wildman–Crippen LogP) is 2.38. The molecule has 0 aromatic heterocycles. The van der Waals surface area contributed by atoms with Gasteiger partial charge in [0.25, 0.3) is 0 Å². The number of hydrogen-bond donors (Lipinski definition) is 1. The summed E-state index contributed by atoms with van der Waals surface area (Å²) in [5.74, 6) is 1.41. The van der Waals surface area contributed by atoms with Crippen LogP contribution in [0.5, 0.6) is 11.5 Å². The van der Waals surface area contributed by atoms with Gasteiger partial charge in [-0.05, 0) is 30.5 Å². The lowest BCUT2D eigenvalue weighted by molar-refractivity contribution is 0.110. The maximum absolute atomic E-state index is 6.20. The van der Waals surface area contributed by atoms with E-state index in [1.165, 1.54) is 6.42 Å². The average molecular weight is 284 g/mol. The summed E-state index contributed by atoms with van der Waals surface area (Å²) in [6.07, 6.45) is 2.67. The van der Waals surface area contributed by atoms with E-state index in [9.17, 15) is 0 Å². The number of halogens is 1. The molecular weight excluding hydrogens is 266 g/mol. The van der Waals surface area contributed by atoms with Crippen LogP contribution < -0.4 is 14.8 Å². The van der Waals surface area contributed by atoms with Gasteiger partial charge in [0.1, 0.15) is 13.2 Å². The van der Waals surface area contributed by atoms with Crippen LogP contribution in [0.4, 0.5) is 0 Å². The van der Waals surface area contributed by atoms with Crippen molar-refractivity contribution >= 4 is 11.6 Å². The van der Waals surface area contributed by atoms with Gasteiger partial charge in [0.2, 0.25) is 0 Å². The van der Waals surface area contributed by atoms with E-state index < -0.39 is 0 Å². The van der Waals surface area contributed by atoms with Gasteiger partial charge in [-0.2, -0.15) is 0 Å². The van der Waals surface area contributed by atoms with Crippen LogP contribution in [0.1, 0.15) is 18.4 Å². The molecule has 4 nitrogen and oxygen atoms in total. The van der Waals surface area contributed by atoms with Gasteiger partial charge >= 0.3 is 0 Å². The number of ether oxygens (including phenoxy) is 3. The Balaban J connectivity index is 1.59. The van der Waals surface area contributed by atoms with E-state index in [0.717, 1.165) is 37.4 Å². The molecule has 1 atom stereocenters. The van der Waals surface area contributed by atoms with Gasteiger partial charge < -0.3 is 19.5 Å². The number of rotatable bonds is 4. The van der Waals surface area contributed by atoms with Crippen LogP contribution in [0.15, 0.2) is 12.1 Å². The molecule has 5 heteroatoms. The summed E-state index contributed by atoms with van der Waals surface area (Å²) in [5, 5.41) is 4.01. The zero-order valence-electron chi connectivity index (χ0n) is 10.8.